The van der Waals surface area contributed by atoms with E-state index in [1.807, 2.05) is 68.4 Å². The zero-order chi connectivity index (χ0) is 15.1. The first-order valence-electron chi connectivity index (χ1n) is 7.24. The molecule has 3 heteroatoms. The predicted molar refractivity (Wildman–Crippen MR) is 84.2 cm³/mol. The molecule has 0 spiro atoms. The summed E-state index contributed by atoms with van der Waals surface area (Å²) in [4.78, 5) is 12.2. The molecule has 0 aliphatic heterocycles. The number of carbonyl (C=O) groups excluding carboxylic acids is 1. The van der Waals surface area contributed by atoms with Crippen molar-refractivity contribution in [3.63, 3.8) is 0 Å². The van der Waals surface area contributed by atoms with Gasteiger partial charge >= 0.3 is 0 Å². The van der Waals surface area contributed by atoms with E-state index in [2.05, 4.69) is 5.32 Å². The fourth-order valence-corrected chi connectivity index (χ4v) is 1.99. The van der Waals surface area contributed by atoms with Crippen molar-refractivity contribution in [2.75, 3.05) is 0 Å². The van der Waals surface area contributed by atoms with Crippen LogP contribution in [-0.2, 0) is 11.3 Å². The maximum absolute atomic E-state index is 12.2. The molecule has 0 bridgehead atoms. The number of rotatable bonds is 6. The van der Waals surface area contributed by atoms with Crippen LogP contribution in [0.2, 0.25) is 0 Å². The molecule has 0 saturated carbocycles. The Morgan fingerprint density at radius 1 is 1.10 bits per heavy atom. The predicted octanol–water partition coefficient (Wildman–Crippen LogP) is 3.47. The second kappa shape index (κ2) is 7.48. The number of para-hydroxylation sites is 1. The van der Waals surface area contributed by atoms with E-state index < -0.39 is 6.10 Å². The standard InChI is InChI=1S/C18H21NO2/c1-3-17(21-16-7-5-4-6-8-16)18(20)19-13-15-11-9-14(2)10-12-15/h4-12,17H,3,13H2,1-2H3,(H,19,20). The van der Waals surface area contributed by atoms with E-state index in [0.717, 1.165) is 11.3 Å². The van der Waals surface area contributed by atoms with Crippen LogP contribution in [0.15, 0.2) is 54.6 Å². The Morgan fingerprint density at radius 3 is 2.38 bits per heavy atom. The molecule has 110 valence electrons. The lowest BCUT2D eigenvalue weighted by molar-refractivity contribution is -0.128. The quantitative estimate of drug-likeness (QED) is 0.881. The monoisotopic (exact) mass is 283 g/mol. The van der Waals surface area contributed by atoms with E-state index >= 15 is 0 Å². The Labute approximate surface area is 126 Å². The lowest BCUT2D eigenvalue weighted by atomic mass is 10.1. The topological polar surface area (TPSA) is 38.3 Å². The van der Waals surface area contributed by atoms with Crippen molar-refractivity contribution in [2.24, 2.45) is 0 Å². The molecule has 0 heterocycles. The van der Waals surface area contributed by atoms with Crippen molar-refractivity contribution in [3.05, 3.63) is 65.7 Å². The van der Waals surface area contributed by atoms with Crippen molar-refractivity contribution < 1.29 is 9.53 Å². The number of amides is 1. The van der Waals surface area contributed by atoms with Gasteiger partial charge in [-0.05, 0) is 31.0 Å². The van der Waals surface area contributed by atoms with Gasteiger partial charge in [0.1, 0.15) is 5.75 Å². The Balaban J connectivity index is 1.89. The van der Waals surface area contributed by atoms with Crippen LogP contribution in [0.25, 0.3) is 0 Å². The number of aryl methyl sites for hydroxylation is 1. The molecule has 2 aromatic rings. The SMILES string of the molecule is CCC(Oc1ccccc1)C(=O)NCc1ccc(C)cc1. The first-order chi connectivity index (χ1) is 10.2. The van der Waals surface area contributed by atoms with Crippen molar-refractivity contribution >= 4 is 5.91 Å². The normalized spacial score (nSPS) is 11.7. The van der Waals surface area contributed by atoms with Crippen molar-refractivity contribution in [3.8, 4) is 5.75 Å². The van der Waals surface area contributed by atoms with Gasteiger partial charge in [-0.1, -0.05) is 55.0 Å². The van der Waals surface area contributed by atoms with E-state index in [1.54, 1.807) is 0 Å². The molecule has 0 saturated heterocycles. The lowest BCUT2D eigenvalue weighted by Crippen LogP contribution is -2.37. The summed E-state index contributed by atoms with van der Waals surface area (Å²) in [6.45, 7) is 4.51. The molecule has 1 unspecified atom stereocenters. The van der Waals surface area contributed by atoms with Gasteiger partial charge in [0.25, 0.3) is 5.91 Å². The van der Waals surface area contributed by atoms with E-state index in [4.69, 9.17) is 4.74 Å². The van der Waals surface area contributed by atoms with Crippen LogP contribution >= 0.6 is 0 Å². The van der Waals surface area contributed by atoms with Gasteiger partial charge in [0.2, 0.25) is 0 Å². The van der Waals surface area contributed by atoms with Gasteiger partial charge in [0.05, 0.1) is 0 Å². The lowest BCUT2D eigenvalue weighted by Gasteiger charge is -2.17. The molecule has 2 rings (SSSR count). The molecule has 0 radical (unpaired) electrons. The van der Waals surface area contributed by atoms with Gasteiger partial charge in [-0.2, -0.15) is 0 Å². The molecule has 2 aromatic carbocycles. The van der Waals surface area contributed by atoms with Crippen molar-refractivity contribution in [1.82, 2.24) is 5.32 Å². The van der Waals surface area contributed by atoms with E-state index in [9.17, 15) is 4.79 Å². The highest BCUT2D eigenvalue weighted by Crippen LogP contribution is 2.12. The zero-order valence-corrected chi connectivity index (χ0v) is 12.5. The second-order valence-electron chi connectivity index (χ2n) is 5.03. The Kier molecular flexibility index (Phi) is 5.38. The fraction of sp³-hybridized carbons (Fsp3) is 0.278. The van der Waals surface area contributed by atoms with Crippen LogP contribution in [0.3, 0.4) is 0 Å². The van der Waals surface area contributed by atoms with Crippen molar-refractivity contribution in [1.29, 1.82) is 0 Å². The number of nitrogens with one attached hydrogen (secondary N) is 1. The van der Waals surface area contributed by atoms with Gasteiger partial charge in [-0.3, -0.25) is 4.79 Å². The molecule has 0 fully saturated rings. The fourth-order valence-electron chi connectivity index (χ4n) is 1.99. The number of hydrogen-bond acceptors (Lipinski definition) is 2. The first kappa shape index (κ1) is 15.1. The highest BCUT2D eigenvalue weighted by atomic mass is 16.5. The van der Waals surface area contributed by atoms with Crippen molar-refractivity contribution in [2.45, 2.75) is 32.9 Å². The van der Waals surface area contributed by atoms with E-state index in [0.29, 0.717) is 13.0 Å². The van der Waals surface area contributed by atoms with Crippen LogP contribution in [0.4, 0.5) is 0 Å². The van der Waals surface area contributed by atoms with Crippen LogP contribution < -0.4 is 10.1 Å². The maximum Gasteiger partial charge on any atom is 0.261 e. The average molecular weight is 283 g/mol. The molecule has 3 nitrogen and oxygen atoms in total. The second-order valence-corrected chi connectivity index (χ2v) is 5.03. The highest BCUT2D eigenvalue weighted by molar-refractivity contribution is 5.81. The molecule has 0 aliphatic carbocycles. The van der Waals surface area contributed by atoms with Gasteiger partial charge in [0.15, 0.2) is 6.10 Å². The van der Waals surface area contributed by atoms with Gasteiger partial charge < -0.3 is 10.1 Å². The smallest absolute Gasteiger partial charge is 0.261 e. The van der Waals surface area contributed by atoms with Crippen LogP contribution in [0.1, 0.15) is 24.5 Å². The Morgan fingerprint density at radius 2 is 1.76 bits per heavy atom. The van der Waals surface area contributed by atoms with Gasteiger partial charge in [-0.25, -0.2) is 0 Å². The maximum atomic E-state index is 12.2. The molecule has 21 heavy (non-hydrogen) atoms. The van der Waals surface area contributed by atoms with Crippen LogP contribution in [0, 0.1) is 6.92 Å². The third-order valence-electron chi connectivity index (χ3n) is 3.27. The molecular weight excluding hydrogens is 262 g/mol. The summed E-state index contributed by atoms with van der Waals surface area (Å²) in [5.41, 5.74) is 2.30. The largest absolute Gasteiger partial charge is 0.481 e. The average Bonchev–Trinajstić information content (AvgIpc) is 2.52. The van der Waals surface area contributed by atoms with E-state index in [1.165, 1.54) is 5.56 Å². The molecule has 0 aromatic heterocycles. The summed E-state index contributed by atoms with van der Waals surface area (Å²) in [7, 11) is 0. The summed E-state index contributed by atoms with van der Waals surface area (Å²) >= 11 is 0. The minimum Gasteiger partial charge on any atom is -0.481 e. The first-order valence-corrected chi connectivity index (χ1v) is 7.24. The molecule has 0 aliphatic rings. The minimum absolute atomic E-state index is 0.0815. The van der Waals surface area contributed by atoms with Gasteiger partial charge in [0, 0.05) is 6.54 Å². The Hall–Kier alpha value is -2.29. The number of benzene rings is 2. The molecule has 1 N–H and O–H groups in total. The highest BCUT2D eigenvalue weighted by Gasteiger charge is 2.17. The number of carbonyl (C=O) groups is 1. The Bertz CT molecular complexity index is 564. The van der Waals surface area contributed by atoms with Crippen LogP contribution in [-0.4, -0.2) is 12.0 Å². The number of ether oxygens (including phenoxy) is 1. The molecule has 1 atom stereocenters. The summed E-state index contributed by atoms with van der Waals surface area (Å²) < 4.78 is 5.72. The zero-order valence-electron chi connectivity index (χ0n) is 12.5. The summed E-state index contributed by atoms with van der Waals surface area (Å²) in [5, 5.41) is 2.93. The summed E-state index contributed by atoms with van der Waals surface area (Å²) in [5.74, 6) is 0.636. The summed E-state index contributed by atoms with van der Waals surface area (Å²) in [6.07, 6.45) is 0.173. The van der Waals surface area contributed by atoms with E-state index in [-0.39, 0.29) is 5.91 Å². The molecular formula is C18H21NO2. The van der Waals surface area contributed by atoms with Gasteiger partial charge in [-0.15, -0.1) is 0 Å². The third-order valence-corrected chi connectivity index (χ3v) is 3.27. The summed E-state index contributed by atoms with van der Waals surface area (Å²) in [6, 6.07) is 17.6. The minimum atomic E-state index is -0.460. The molecule has 1 amide bonds. The number of hydrogen-bond donors (Lipinski definition) is 1. The third kappa shape index (κ3) is 4.63. The van der Waals surface area contributed by atoms with Crippen LogP contribution in [0.5, 0.6) is 5.75 Å².